The molecule has 2 rings (SSSR count). The van der Waals surface area contributed by atoms with Crippen molar-refractivity contribution < 1.29 is 14.4 Å². The molecule has 0 radical (unpaired) electrons. The maximum Gasteiger partial charge on any atom is 0.269 e. The molecule has 2 aromatic rings. The van der Waals surface area contributed by atoms with E-state index in [2.05, 4.69) is 21.5 Å². The predicted octanol–water partition coefficient (Wildman–Crippen LogP) is 3.27. The molecule has 0 heterocycles. The lowest BCUT2D eigenvalue weighted by Gasteiger charge is -2.11. The standard InChI is InChI=1S/C20H21ClN4O3S/c1-12(2)10-17(26)22-16-8-6-13(7-9-16)19(28)24-25-20(29)23-18(27)14-4-3-5-15(21)11-14/h3-9,11-12H,10H2,1-2H3,(H,22,26)(H,24,28)(H2,23,25,27,29). The first-order valence-corrected chi connectivity index (χ1v) is 9.60. The molecular weight excluding hydrogens is 412 g/mol. The van der Waals surface area contributed by atoms with Gasteiger partial charge >= 0.3 is 0 Å². The number of hydrogen-bond donors (Lipinski definition) is 4. The summed E-state index contributed by atoms with van der Waals surface area (Å²) in [7, 11) is 0. The maximum absolute atomic E-state index is 12.2. The fourth-order valence-electron chi connectivity index (χ4n) is 2.31. The number of hydrazine groups is 1. The predicted molar refractivity (Wildman–Crippen MR) is 117 cm³/mol. The van der Waals surface area contributed by atoms with Gasteiger partial charge in [-0.1, -0.05) is 31.5 Å². The second-order valence-electron chi connectivity index (χ2n) is 6.60. The number of anilines is 1. The van der Waals surface area contributed by atoms with Crippen LogP contribution < -0.4 is 21.5 Å². The highest BCUT2D eigenvalue weighted by Gasteiger charge is 2.11. The number of thiocarbonyl (C=S) groups is 1. The van der Waals surface area contributed by atoms with E-state index in [-0.39, 0.29) is 16.9 Å². The molecule has 0 atom stereocenters. The Hall–Kier alpha value is -2.97. The third-order valence-corrected chi connectivity index (χ3v) is 4.07. The van der Waals surface area contributed by atoms with E-state index in [0.29, 0.717) is 28.3 Å². The number of rotatable bonds is 5. The molecule has 0 aliphatic carbocycles. The normalized spacial score (nSPS) is 10.2. The van der Waals surface area contributed by atoms with Gasteiger partial charge in [-0.2, -0.15) is 0 Å². The van der Waals surface area contributed by atoms with Crippen LogP contribution in [0.1, 0.15) is 41.0 Å². The summed E-state index contributed by atoms with van der Waals surface area (Å²) in [6, 6.07) is 12.8. The summed E-state index contributed by atoms with van der Waals surface area (Å²) in [5, 5.41) is 5.56. The van der Waals surface area contributed by atoms with Crippen molar-refractivity contribution >= 4 is 52.3 Å². The molecule has 0 saturated carbocycles. The molecule has 3 amide bonds. The molecule has 4 N–H and O–H groups in total. The summed E-state index contributed by atoms with van der Waals surface area (Å²) in [4.78, 5) is 36.0. The number of hydrogen-bond acceptors (Lipinski definition) is 4. The average Bonchev–Trinajstić information content (AvgIpc) is 2.66. The van der Waals surface area contributed by atoms with E-state index in [0.717, 1.165) is 0 Å². The molecule has 0 fully saturated rings. The van der Waals surface area contributed by atoms with E-state index in [4.69, 9.17) is 23.8 Å². The smallest absolute Gasteiger partial charge is 0.269 e. The molecule has 152 valence electrons. The van der Waals surface area contributed by atoms with Crippen molar-refractivity contribution in [2.45, 2.75) is 20.3 Å². The highest BCUT2D eigenvalue weighted by Crippen LogP contribution is 2.12. The van der Waals surface area contributed by atoms with Gasteiger partial charge in [-0.25, -0.2) is 0 Å². The van der Waals surface area contributed by atoms with Gasteiger partial charge in [0.1, 0.15) is 0 Å². The van der Waals surface area contributed by atoms with Crippen LogP contribution in [0.5, 0.6) is 0 Å². The SMILES string of the molecule is CC(C)CC(=O)Nc1ccc(C(=O)NNC(=S)NC(=O)c2cccc(Cl)c2)cc1. The van der Waals surface area contributed by atoms with E-state index in [9.17, 15) is 14.4 Å². The van der Waals surface area contributed by atoms with Crippen LogP contribution in [0.3, 0.4) is 0 Å². The van der Waals surface area contributed by atoms with Gasteiger partial charge < -0.3 is 5.32 Å². The lowest BCUT2D eigenvalue weighted by molar-refractivity contribution is -0.116. The highest BCUT2D eigenvalue weighted by atomic mass is 35.5. The topological polar surface area (TPSA) is 99.3 Å². The first-order chi connectivity index (χ1) is 13.7. The molecular formula is C20H21ClN4O3S. The molecule has 0 saturated heterocycles. The molecule has 0 spiro atoms. The van der Waals surface area contributed by atoms with Gasteiger partial charge in [0.15, 0.2) is 5.11 Å². The van der Waals surface area contributed by atoms with Crippen LogP contribution >= 0.6 is 23.8 Å². The van der Waals surface area contributed by atoms with E-state index in [1.54, 1.807) is 42.5 Å². The third-order valence-electron chi connectivity index (χ3n) is 3.63. The number of amides is 3. The minimum atomic E-state index is -0.458. The third kappa shape index (κ3) is 7.52. The monoisotopic (exact) mass is 432 g/mol. The minimum Gasteiger partial charge on any atom is -0.326 e. The summed E-state index contributed by atoms with van der Waals surface area (Å²) < 4.78 is 0. The van der Waals surface area contributed by atoms with Gasteiger partial charge in [-0.3, -0.25) is 30.6 Å². The van der Waals surface area contributed by atoms with Crippen molar-refractivity contribution in [2.75, 3.05) is 5.32 Å². The van der Waals surface area contributed by atoms with Crippen molar-refractivity contribution in [1.29, 1.82) is 0 Å². The number of halogens is 1. The van der Waals surface area contributed by atoms with Crippen LogP contribution in [-0.2, 0) is 4.79 Å². The Kier molecular flexibility index (Phi) is 8.11. The van der Waals surface area contributed by atoms with E-state index >= 15 is 0 Å². The number of benzene rings is 2. The number of carbonyl (C=O) groups excluding carboxylic acids is 3. The van der Waals surface area contributed by atoms with Gasteiger partial charge in [0.05, 0.1) is 0 Å². The zero-order valence-corrected chi connectivity index (χ0v) is 17.5. The van der Waals surface area contributed by atoms with Crippen molar-refractivity contribution in [1.82, 2.24) is 16.2 Å². The molecule has 0 bridgehead atoms. The summed E-state index contributed by atoms with van der Waals surface area (Å²) >= 11 is 10.8. The maximum atomic E-state index is 12.2. The lowest BCUT2D eigenvalue weighted by Crippen LogP contribution is -2.48. The van der Waals surface area contributed by atoms with Gasteiger partial charge in [0.2, 0.25) is 5.91 Å². The van der Waals surface area contributed by atoms with Crippen molar-refractivity contribution in [3.63, 3.8) is 0 Å². The van der Waals surface area contributed by atoms with Crippen LogP contribution in [-0.4, -0.2) is 22.8 Å². The first-order valence-electron chi connectivity index (χ1n) is 8.81. The van der Waals surface area contributed by atoms with Crippen LogP contribution in [0, 0.1) is 5.92 Å². The first kappa shape index (κ1) is 22.3. The van der Waals surface area contributed by atoms with Crippen LogP contribution in [0.25, 0.3) is 0 Å². The molecule has 0 unspecified atom stereocenters. The Labute approximate surface area is 179 Å². The molecule has 0 aliphatic rings. The summed E-state index contributed by atoms with van der Waals surface area (Å²) in [6.07, 6.45) is 0.421. The molecule has 2 aromatic carbocycles. The fraction of sp³-hybridized carbons (Fsp3) is 0.200. The van der Waals surface area contributed by atoms with E-state index in [1.165, 1.54) is 6.07 Å². The Balaban J connectivity index is 1.83. The fourth-order valence-corrected chi connectivity index (χ4v) is 2.64. The van der Waals surface area contributed by atoms with Gasteiger partial charge in [0.25, 0.3) is 11.8 Å². The lowest BCUT2D eigenvalue weighted by atomic mass is 10.1. The van der Waals surface area contributed by atoms with Crippen molar-refractivity contribution in [2.24, 2.45) is 5.92 Å². The zero-order valence-electron chi connectivity index (χ0n) is 15.9. The van der Waals surface area contributed by atoms with Crippen LogP contribution in [0.2, 0.25) is 5.02 Å². The molecule has 29 heavy (non-hydrogen) atoms. The van der Waals surface area contributed by atoms with Crippen LogP contribution in [0.15, 0.2) is 48.5 Å². The Morgan fingerprint density at radius 1 is 0.966 bits per heavy atom. The number of nitrogens with one attached hydrogen (secondary N) is 4. The Morgan fingerprint density at radius 3 is 2.28 bits per heavy atom. The van der Waals surface area contributed by atoms with Crippen molar-refractivity contribution in [3.05, 3.63) is 64.7 Å². The molecule has 7 nitrogen and oxygen atoms in total. The van der Waals surface area contributed by atoms with Gasteiger partial charge in [-0.15, -0.1) is 0 Å². The highest BCUT2D eigenvalue weighted by molar-refractivity contribution is 7.80. The quantitative estimate of drug-likeness (QED) is 0.429. The van der Waals surface area contributed by atoms with Crippen LogP contribution in [0.4, 0.5) is 5.69 Å². The average molecular weight is 433 g/mol. The zero-order chi connectivity index (χ0) is 21.4. The van der Waals surface area contributed by atoms with E-state index in [1.807, 2.05) is 13.8 Å². The Morgan fingerprint density at radius 2 is 1.66 bits per heavy atom. The van der Waals surface area contributed by atoms with Gasteiger partial charge in [0, 0.05) is 28.3 Å². The van der Waals surface area contributed by atoms with Crippen molar-refractivity contribution in [3.8, 4) is 0 Å². The summed E-state index contributed by atoms with van der Waals surface area (Å²) in [5.74, 6) is -0.737. The summed E-state index contributed by atoms with van der Waals surface area (Å²) in [5.41, 5.74) is 6.14. The van der Waals surface area contributed by atoms with E-state index < -0.39 is 11.8 Å². The second kappa shape index (κ2) is 10.5. The Bertz CT molecular complexity index is 916. The minimum absolute atomic E-state index is 0.0686. The summed E-state index contributed by atoms with van der Waals surface area (Å²) in [6.45, 7) is 3.92. The second-order valence-corrected chi connectivity index (χ2v) is 7.44. The van der Waals surface area contributed by atoms with Gasteiger partial charge in [-0.05, 0) is 60.6 Å². The molecule has 9 heteroatoms. The molecule has 0 aliphatic heterocycles. The largest absolute Gasteiger partial charge is 0.326 e. The number of carbonyl (C=O) groups is 3. The molecule has 0 aromatic heterocycles.